The number of rotatable bonds is 7. The maximum Gasteiger partial charge on any atom is 0.141 e. The Kier molecular flexibility index (Phi) is 6.02. The average molecular weight is 291 g/mol. The molecule has 0 saturated carbocycles. The second-order valence-electron chi connectivity index (χ2n) is 5.53. The molecule has 2 rings (SSSR count). The van der Waals surface area contributed by atoms with Crippen LogP contribution in [0.3, 0.4) is 0 Å². The number of nitrogens with two attached hydrogens (primary N) is 1. The number of amidine groups is 1. The minimum atomic E-state index is 0.0557. The lowest BCUT2D eigenvalue weighted by molar-refractivity contribution is 0.0866. The zero-order valence-corrected chi connectivity index (χ0v) is 12.5. The summed E-state index contributed by atoms with van der Waals surface area (Å²) in [4.78, 5) is 0. The molecular weight excluding hydrogens is 266 g/mol. The largest absolute Gasteiger partial charge is 0.409 e. The molecule has 0 amide bonds. The van der Waals surface area contributed by atoms with Crippen molar-refractivity contribution in [2.24, 2.45) is 16.8 Å². The van der Waals surface area contributed by atoms with Gasteiger partial charge in [-0.05, 0) is 24.3 Å². The van der Waals surface area contributed by atoms with Crippen molar-refractivity contribution >= 4 is 5.84 Å². The van der Waals surface area contributed by atoms with Gasteiger partial charge in [0.05, 0.1) is 6.10 Å². The third-order valence-corrected chi connectivity index (χ3v) is 4.12. The van der Waals surface area contributed by atoms with Crippen LogP contribution >= 0.6 is 0 Å². The monoisotopic (exact) mass is 291 g/mol. The van der Waals surface area contributed by atoms with Gasteiger partial charge in [0, 0.05) is 25.6 Å². The zero-order chi connectivity index (χ0) is 15.1. The van der Waals surface area contributed by atoms with Gasteiger partial charge >= 0.3 is 0 Å². The molecule has 1 saturated heterocycles. The summed E-state index contributed by atoms with van der Waals surface area (Å²) >= 11 is 0. The van der Waals surface area contributed by atoms with Crippen molar-refractivity contribution in [1.82, 2.24) is 5.32 Å². The Hall–Kier alpha value is -1.59. The highest BCUT2D eigenvalue weighted by Crippen LogP contribution is 2.24. The normalized spacial score (nSPS) is 24.1. The Morgan fingerprint density at radius 2 is 2.24 bits per heavy atom. The molecular formula is C16H25N3O2. The summed E-state index contributed by atoms with van der Waals surface area (Å²) in [6, 6.07) is 10.2. The Bertz CT molecular complexity index is 450. The van der Waals surface area contributed by atoms with Gasteiger partial charge in [0.2, 0.25) is 0 Å². The van der Waals surface area contributed by atoms with E-state index in [4.69, 9.17) is 15.7 Å². The van der Waals surface area contributed by atoms with Gasteiger partial charge in [-0.2, -0.15) is 0 Å². The molecule has 5 nitrogen and oxygen atoms in total. The van der Waals surface area contributed by atoms with Crippen LogP contribution in [0.5, 0.6) is 0 Å². The summed E-state index contributed by atoms with van der Waals surface area (Å²) in [5.74, 6) is 0.777. The SMILES string of the molecule is CCC1OCCC1CNC(C/C(N)=N/O)c1ccccc1. The third-order valence-electron chi connectivity index (χ3n) is 4.12. The number of oxime groups is 1. The van der Waals surface area contributed by atoms with Gasteiger partial charge in [0.25, 0.3) is 0 Å². The van der Waals surface area contributed by atoms with E-state index in [9.17, 15) is 0 Å². The highest BCUT2D eigenvalue weighted by molar-refractivity contribution is 5.80. The first kappa shape index (κ1) is 15.8. The van der Waals surface area contributed by atoms with Gasteiger partial charge in [-0.15, -0.1) is 0 Å². The molecule has 5 heteroatoms. The topological polar surface area (TPSA) is 79.9 Å². The zero-order valence-electron chi connectivity index (χ0n) is 12.5. The van der Waals surface area contributed by atoms with Crippen molar-refractivity contribution in [3.63, 3.8) is 0 Å². The van der Waals surface area contributed by atoms with Crippen molar-refractivity contribution in [1.29, 1.82) is 0 Å². The van der Waals surface area contributed by atoms with E-state index in [-0.39, 0.29) is 11.9 Å². The van der Waals surface area contributed by atoms with Crippen LogP contribution in [0.1, 0.15) is 37.8 Å². The number of ether oxygens (including phenoxy) is 1. The van der Waals surface area contributed by atoms with E-state index in [0.29, 0.717) is 18.4 Å². The predicted octanol–water partition coefficient (Wildman–Crippen LogP) is 2.27. The summed E-state index contributed by atoms with van der Waals surface area (Å²) in [5.41, 5.74) is 6.83. The predicted molar refractivity (Wildman–Crippen MR) is 83.3 cm³/mol. The molecule has 3 atom stereocenters. The number of nitrogens with zero attached hydrogens (tertiary/aromatic N) is 1. The van der Waals surface area contributed by atoms with Crippen molar-refractivity contribution in [3.05, 3.63) is 35.9 Å². The molecule has 1 aliphatic heterocycles. The summed E-state index contributed by atoms with van der Waals surface area (Å²) < 4.78 is 5.73. The summed E-state index contributed by atoms with van der Waals surface area (Å²) in [7, 11) is 0. The highest BCUT2D eigenvalue weighted by Gasteiger charge is 2.27. The number of hydrogen-bond acceptors (Lipinski definition) is 4. The lowest BCUT2D eigenvalue weighted by atomic mass is 9.97. The standard InChI is InChI=1S/C16H25N3O2/c1-2-15-13(8-9-21-15)11-18-14(10-16(17)19-20)12-6-4-3-5-7-12/h3-7,13-15,18,20H,2,8-11H2,1H3,(H2,17,19). The molecule has 1 aromatic rings. The molecule has 0 radical (unpaired) electrons. The molecule has 1 aliphatic rings. The number of hydrogen-bond donors (Lipinski definition) is 3. The van der Waals surface area contributed by atoms with E-state index in [2.05, 4.69) is 29.5 Å². The molecule has 1 aromatic carbocycles. The van der Waals surface area contributed by atoms with E-state index >= 15 is 0 Å². The summed E-state index contributed by atoms with van der Waals surface area (Å²) in [6.07, 6.45) is 2.97. The van der Waals surface area contributed by atoms with Crippen LogP contribution in [-0.2, 0) is 4.74 Å². The highest BCUT2D eigenvalue weighted by atomic mass is 16.5. The maximum atomic E-state index is 8.81. The molecule has 0 bridgehead atoms. The van der Waals surface area contributed by atoms with Crippen molar-refractivity contribution in [2.45, 2.75) is 38.3 Å². The maximum absolute atomic E-state index is 8.81. The van der Waals surface area contributed by atoms with Crippen LogP contribution in [-0.4, -0.2) is 30.3 Å². The van der Waals surface area contributed by atoms with Crippen LogP contribution in [0.15, 0.2) is 35.5 Å². The lowest BCUT2D eigenvalue weighted by Gasteiger charge is -2.23. The molecule has 1 heterocycles. The average Bonchev–Trinajstić information content (AvgIpc) is 2.99. The molecule has 0 aliphatic carbocycles. The molecule has 0 spiro atoms. The second-order valence-corrected chi connectivity index (χ2v) is 5.53. The minimum absolute atomic E-state index is 0.0557. The fraction of sp³-hybridized carbons (Fsp3) is 0.562. The van der Waals surface area contributed by atoms with Gasteiger partial charge in [0.1, 0.15) is 5.84 Å². The minimum Gasteiger partial charge on any atom is -0.409 e. The van der Waals surface area contributed by atoms with E-state index in [1.54, 1.807) is 0 Å². The second kappa shape index (κ2) is 8.00. The number of benzene rings is 1. The lowest BCUT2D eigenvalue weighted by Crippen LogP contribution is -2.33. The van der Waals surface area contributed by atoms with Crippen LogP contribution in [0.25, 0.3) is 0 Å². The van der Waals surface area contributed by atoms with Gasteiger partial charge in [-0.3, -0.25) is 0 Å². The Morgan fingerprint density at radius 3 is 2.90 bits per heavy atom. The molecule has 0 aromatic heterocycles. The van der Waals surface area contributed by atoms with Gasteiger partial charge < -0.3 is 21.0 Å². The molecule has 3 unspecified atom stereocenters. The van der Waals surface area contributed by atoms with Crippen molar-refractivity contribution in [2.75, 3.05) is 13.2 Å². The first-order valence-corrected chi connectivity index (χ1v) is 7.61. The third kappa shape index (κ3) is 4.44. The van der Waals surface area contributed by atoms with Gasteiger partial charge in [-0.1, -0.05) is 42.4 Å². The van der Waals surface area contributed by atoms with Crippen molar-refractivity contribution in [3.8, 4) is 0 Å². The van der Waals surface area contributed by atoms with Crippen LogP contribution in [0, 0.1) is 5.92 Å². The first-order valence-electron chi connectivity index (χ1n) is 7.61. The van der Waals surface area contributed by atoms with E-state index in [1.165, 1.54) is 0 Å². The smallest absolute Gasteiger partial charge is 0.141 e. The van der Waals surface area contributed by atoms with Crippen LogP contribution < -0.4 is 11.1 Å². The Balaban J connectivity index is 1.99. The van der Waals surface area contributed by atoms with Crippen LogP contribution in [0.2, 0.25) is 0 Å². The Labute approximate surface area is 126 Å². The first-order chi connectivity index (χ1) is 10.2. The van der Waals surface area contributed by atoms with Crippen LogP contribution in [0.4, 0.5) is 0 Å². The quantitative estimate of drug-likeness (QED) is 0.311. The van der Waals surface area contributed by atoms with Crippen molar-refractivity contribution < 1.29 is 9.94 Å². The van der Waals surface area contributed by atoms with E-state index in [1.807, 2.05) is 18.2 Å². The fourth-order valence-electron chi connectivity index (χ4n) is 2.91. The van der Waals surface area contributed by atoms with E-state index in [0.717, 1.165) is 31.6 Å². The summed E-state index contributed by atoms with van der Waals surface area (Å²) in [5, 5.41) is 15.5. The Morgan fingerprint density at radius 1 is 1.48 bits per heavy atom. The molecule has 1 fully saturated rings. The molecule has 4 N–H and O–H groups in total. The summed E-state index contributed by atoms with van der Waals surface area (Å²) in [6.45, 7) is 3.89. The van der Waals surface area contributed by atoms with Gasteiger partial charge in [-0.25, -0.2) is 0 Å². The fourth-order valence-corrected chi connectivity index (χ4v) is 2.91. The molecule has 116 valence electrons. The van der Waals surface area contributed by atoms with E-state index < -0.39 is 0 Å². The van der Waals surface area contributed by atoms with Gasteiger partial charge in [0.15, 0.2) is 0 Å². The number of nitrogens with one attached hydrogen (secondary N) is 1. The molecule has 21 heavy (non-hydrogen) atoms.